The van der Waals surface area contributed by atoms with Crippen LogP contribution in [0.4, 0.5) is 4.39 Å². The Balaban J connectivity index is 2.45. The highest BCUT2D eigenvalue weighted by molar-refractivity contribution is 5.88. The lowest BCUT2D eigenvalue weighted by atomic mass is 10.1. The smallest absolute Gasteiger partial charge is 0.131 e. The van der Waals surface area contributed by atoms with Crippen LogP contribution in [0.15, 0.2) is 40.8 Å². The van der Waals surface area contributed by atoms with Crippen LogP contribution in [0, 0.1) is 24.1 Å². The third-order valence-electron chi connectivity index (χ3n) is 2.33. The first kappa shape index (κ1) is 11.2. The van der Waals surface area contributed by atoms with Crippen LogP contribution < -0.4 is 0 Å². The van der Waals surface area contributed by atoms with Crippen molar-refractivity contribution in [2.75, 3.05) is 0 Å². The summed E-state index contributed by atoms with van der Waals surface area (Å²) in [5, 5.41) is 9.05. The SMILES string of the molecule is Cc1ccc(C=C(C#N)c2ccccc2F)o1. The molecule has 0 unspecified atom stereocenters. The number of hydrogen-bond acceptors (Lipinski definition) is 2. The molecule has 0 N–H and O–H groups in total. The summed E-state index contributed by atoms with van der Waals surface area (Å²) in [5.41, 5.74) is 0.529. The zero-order valence-electron chi connectivity index (χ0n) is 9.27. The van der Waals surface area contributed by atoms with E-state index in [9.17, 15) is 4.39 Å². The van der Waals surface area contributed by atoms with Crippen molar-refractivity contribution in [3.8, 4) is 6.07 Å². The van der Waals surface area contributed by atoms with Gasteiger partial charge in [-0.1, -0.05) is 18.2 Å². The molecule has 0 saturated carbocycles. The topological polar surface area (TPSA) is 36.9 Å². The van der Waals surface area contributed by atoms with Crippen molar-refractivity contribution in [3.05, 3.63) is 59.3 Å². The second-order valence-electron chi connectivity index (χ2n) is 3.60. The van der Waals surface area contributed by atoms with E-state index < -0.39 is 5.82 Å². The van der Waals surface area contributed by atoms with Crippen molar-refractivity contribution in [1.82, 2.24) is 0 Å². The molecule has 0 aliphatic heterocycles. The summed E-state index contributed by atoms with van der Waals surface area (Å²) >= 11 is 0. The number of allylic oxidation sites excluding steroid dienone is 1. The number of nitrogens with zero attached hydrogens (tertiary/aromatic N) is 1. The Bertz CT molecular complexity index is 605. The largest absolute Gasteiger partial charge is 0.462 e. The summed E-state index contributed by atoms with van der Waals surface area (Å²) in [4.78, 5) is 0. The summed E-state index contributed by atoms with van der Waals surface area (Å²) in [6.45, 7) is 1.81. The number of nitriles is 1. The minimum absolute atomic E-state index is 0.248. The fourth-order valence-electron chi connectivity index (χ4n) is 1.52. The first-order valence-corrected chi connectivity index (χ1v) is 5.14. The van der Waals surface area contributed by atoms with Crippen LogP contribution in [0.2, 0.25) is 0 Å². The fourth-order valence-corrected chi connectivity index (χ4v) is 1.52. The third kappa shape index (κ3) is 2.43. The van der Waals surface area contributed by atoms with Gasteiger partial charge >= 0.3 is 0 Å². The monoisotopic (exact) mass is 227 g/mol. The lowest BCUT2D eigenvalue weighted by Crippen LogP contribution is -1.86. The summed E-state index contributed by atoms with van der Waals surface area (Å²) in [6, 6.07) is 11.7. The second kappa shape index (κ2) is 4.67. The highest BCUT2D eigenvalue weighted by Gasteiger charge is 2.07. The molecule has 1 aromatic carbocycles. The Kier molecular flexibility index (Phi) is 3.06. The van der Waals surface area contributed by atoms with Gasteiger partial charge in [0.1, 0.15) is 17.3 Å². The normalized spacial score (nSPS) is 11.2. The van der Waals surface area contributed by atoms with Gasteiger partial charge in [-0.25, -0.2) is 4.39 Å². The van der Waals surface area contributed by atoms with Crippen molar-refractivity contribution < 1.29 is 8.81 Å². The van der Waals surface area contributed by atoms with E-state index >= 15 is 0 Å². The van der Waals surface area contributed by atoms with Crippen molar-refractivity contribution in [3.63, 3.8) is 0 Å². The molecule has 0 fully saturated rings. The van der Waals surface area contributed by atoms with Gasteiger partial charge in [0.05, 0.1) is 11.6 Å². The first-order valence-electron chi connectivity index (χ1n) is 5.14. The molecule has 0 spiro atoms. The molecule has 2 nitrogen and oxygen atoms in total. The molecule has 2 aromatic rings. The number of aryl methyl sites for hydroxylation is 1. The zero-order chi connectivity index (χ0) is 12.3. The molecule has 2 rings (SSSR count). The Labute approximate surface area is 98.6 Å². The van der Waals surface area contributed by atoms with Crippen molar-refractivity contribution in [2.45, 2.75) is 6.92 Å². The van der Waals surface area contributed by atoms with E-state index in [0.29, 0.717) is 5.76 Å². The number of rotatable bonds is 2. The van der Waals surface area contributed by atoms with Gasteiger partial charge in [-0.15, -0.1) is 0 Å². The van der Waals surface area contributed by atoms with Crippen LogP contribution in [0.3, 0.4) is 0 Å². The lowest BCUT2D eigenvalue weighted by Gasteiger charge is -1.99. The fraction of sp³-hybridized carbons (Fsp3) is 0.0714. The molecule has 0 atom stereocenters. The predicted molar refractivity (Wildman–Crippen MR) is 63.3 cm³/mol. The Hall–Kier alpha value is -2.34. The maximum absolute atomic E-state index is 13.5. The number of benzene rings is 1. The summed E-state index contributed by atoms with van der Waals surface area (Å²) in [6.07, 6.45) is 1.53. The van der Waals surface area contributed by atoms with Gasteiger partial charge in [0.2, 0.25) is 0 Å². The number of halogens is 1. The zero-order valence-corrected chi connectivity index (χ0v) is 9.27. The van der Waals surface area contributed by atoms with E-state index in [1.807, 2.05) is 13.0 Å². The van der Waals surface area contributed by atoms with E-state index in [0.717, 1.165) is 5.76 Å². The third-order valence-corrected chi connectivity index (χ3v) is 2.33. The van der Waals surface area contributed by atoms with Gasteiger partial charge in [0.25, 0.3) is 0 Å². The maximum atomic E-state index is 13.5. The summed E-state index contributed by atoms with van der Waals surface area (Å²) in [7, 11) is 0. The quantitative estimate of drug-likeness (QED) is 0.732. The molecule has 84 valence electrons. The van der Waals surface area contributed by atoms with Crippen molar-refractivity contribution in [2.24, 2.45) is 0 Å². The summed E-state index contributed by atoms with van der Waals surface area (Å²) in [5.74, 6) is 0.882. The molecule has 0 amide bonds. The molecule has 3 heteroatoms. The number of hydrogen-bond donors (Lipinski definition) is 0. The van der Waals surface area contributed by atoms with Crippen LogP contribution in [-0.4, -0.2) is 0 Å². The molecule has 0 aliphatic rings. The average Bonchev–Trinajstić information content (AvgIpc) is 2.73. The minimum Gasteiger partial charge on any atom is -0.462 e. The molecule has 0 radical (unpaired) electrons. The molecule has 0 saturated heterocycles. The Morgan fingerprint density at radius 1 is 1.29 bits per heavy atom. The van der Waals surface area contributed by atoms with Crippen LogP contribution >= 0.6 is 0 Å². The second-order valence-corrected chi connectivity index (χ2v) is 3.60. The van der Waals surface area contributed by atoms with Gasteiger partial charge in [-0.05, 0) is 31.2 Å². The highest BCUT2D eigenvalue weighted by atomic mass is 19.1. The molecule has 0 bridgehead atoms. The van der Waals surface area contributed by atoms with Gasteiger partial charge in [0, 0.05) is 5.56 Å². The van der Waals surface area contributed by atoms with E-state index in [2.05, 4.69) is 0 Å². The van der Waals surface area contributed by atoms with E-state index in [4.69, 9.17) is 9.68 Å². The van der Waals surface area contributed by atoms with Gasteiger partial charge < -0.3 is 4.42 Å². The minimum atomic E-state index is -0.413. The molecule has 17 heavy (non-hydrogen) atoms. The molecular weight excluding hydrogens is 217 g/mol. The molecule has 1 aromatic heterocycles. The first-order chi connectivity index (χ1) is 8.20. The standard InChI is InChI=1S/C14H10FNO/c1-10-6-7-12(17-10)8-11(9-16)13-4-2-3-5-14(13)15/h2-8H,1H3. The van der Waals surface area contributed by atoms with Crippen molar-refractivity contribution >= 4 is 11.6 Å². The lowest BCUT2D eigenvalue weighted by molar-refractivity contribution is 0.525. The van der Waals surface area contributed by atoms with Crippen LogP contribution in [-0.2, 0) is 0 Å². The van der Waals surface area contributed by atoms with E-state index in [1.165, 1.54) is 12.1 Å². The highest BCUT2D eigenvalue weighted by Crippen LogP contribution is 2.21. The van der Waals surface area contributed by atoms with E-state index in [-0.39, 0.29) is 11.1 Å². The Morgan fingerprint density at radius 2 is 2.06 bits per heavy atom. The van der Waals surface area contributed by atoms with Gasteiger partial charge in [0.15, 0.2) is 0 Å². The van der Waals surface area contributed by atoms with Gasteiger partial charge in [-0.3, -0.25) is 0 Å². The molecule has 0 aliphatic carbocycles. The van der Waals surface area contributed by atoms with E-state index in [1.54, 1.807) is 30.3 Å². The van der Waals surface area contributed by atoms with Crippen LogP contribution in [0.5, 0.6) is 0 Å². The Morgan fingerprint density at radius 3 is 2.65 bits per heavy atom. The molecular formula is C14H10FNO. The average molecular weight is 227 g/mol. The predicted octanol–water partition coefficient (Wildman–Crippen LogP) is 3.79. The summed E-state index contributed by atoms with van der Waals surface area (Å²) < 4.78 is 18.8. The molecule has 1 heterocycles. The number of furan rings is 1. The van der Waals surface area contributed by atoms with Crippen molar-refractivity contribution in [1.29, 1.82) is 5.26 Å². The van der Waals surface area contributed by atoms with Gasteiger partial charge in [-0.2, -0.15) is 5.26 Å². The van der Waals surface area contributed by atoms with Crippen LogP contribution in [0.25, 0.3) is 11.6 Å². The maximum Gasteiger partial charge on any atom is 0.131 e. The van der Waals surface area contributed by atoms with Crippen LogP contribution in [0.1, 0.15) is 17.1 Å².